The summed E-state index contributed by atoms with van der Waals surface area (Å²) in [6.07, 6.45) is 0.163. The van der Waals surface area contributed by atoms with Crippen LogP contribution in [0, 0.1) is 0 Å². The fourth-order valence-electron chi connectivity index (χ4n) is 3.64. The molecule has 0 unspecified atom stereocenters. The summed E-state index contributed by atoms with van der Waals surface area (Å²) in [6, 6.07) is 6.05. The minimum Gasteiger partial charge on any atom is -0.482 e. The molecule has 0 aliphatic carbocycles. The minimum absolute atomic E-state index is 0.0773. The minimum atomic E-state index is -5.32. The van der Waals surface area contributed by atoms with Crippen LogP contribution in [0.5, 0.6) is 5.75 Å². The third kappa shape index (κ3) is 6.83. The molecule has 3 aromatic rings. The van der Waals surface area contributed by atoms with E-state index in [0.717, 1.165) is 23.4 Å². The molecule has 38 heavy (non-hydrogen) atoms. The highest BCUT2D eigenvalue weighted by molar-refractivity contribution is 7.14. The second-order valence-electron chi connectivity index (χ2n) is 8.20. The summed E-state index contributed by atoms with van der Waals surface area (Å²) in [4.78, 5) is 53.4. The van der Waals surface area contributed by atoms with Crippen molar-refractivity contribution in [3.05, 3.63) is 69.4 Å². The quantitative estimate of drug-likeness (QED) is 0.236. The predicted molar refractivity (Wildman–Crippen MR) is 127 cm³/mol. The summed E-state index contributed by atoms with van der Waals surface area (Å²) in [7, 11) is 0. The van der Waals surface area contributed by atoms with Crippen molar-refractivity contribution in [2.75, 3.05) is 19.7 Å². The van der Waals surface area contributed by atoms with Gasteiger partial charge in [0.05, 0.1) is 24.3 Å². The highest BCUT2D eigenvalue weighted by Gasteiger charge is 2.42. The van der Waals surface area contributed by atoms with Gasteiger partial charge in [-0.1, -0.05) is 0 Å². The number of nitrogens with zero attached hydrogens (tertiary/aromatic N) is 2. The molecule has 0 fully saturated rings. The standard InChI is InChI=1S/C24H21F3N4O6S/c25-24(26,27)23(35)37-21(33)12-36-18-2-1-14(7-16(18)11-31-6-5-29-13-31)17(32)10-30-22(34)20-8-15-9-28-4-3-19(15)38-20/h1-2,5-8,13,28H,3-4,9-12H2,(H,30,34). The number of ether oxygens (including phenoxy) is 2. The summed E-state index contributed by atoms with van der Waals surface area (Å²) in [5, 5.41) is 5.87. The molecule has 1 aliphatic heterocycles. The van der Waals surface area contributed by atoms with Gasteiger partial charge in [0.25, 0.3) is 5.91 Å². The van der Waals surface area contributed by atoms with E-state index in [4.69, 9.17) is 4.74 Å². The summed E-state index contributed by atoms with van der Waals surface area (Å²) in [6.45, 7) is 0.455. The molecule has 2 aromatic heterocycles. The molecule has 4 rings (SSSR count). The van der Waals surface area contributed by atoms with E-state index in [1.54, 1.807) is 10.8 Å². The lowest BCUT2D eigenvalue weighted by atomic mass is 10.1. The van der Waals surface area contributed by atoms with Gasteiger partial charge >= 0.3 is 18.1 Å². The van der Waals surface area contributed by atoms with Crippen molar-refractivity contribution in [2.24, 2.45) is 0 Å². The van der Waals surface area contributed by atoms with Crippen molar-refractivity contribution in [3.63, 3.8) is 0 Å². The number of benzene rings is 1. The normalized spacial score (nSPS) is 12.9. The van der Waals surface area contributed by atoms with Crippen LogP contribution in [0.25, 0.3) is 0 Å². The topological polar surface area (TPSA) is 129 Å². The Labute approximate surface area is 217 Å². The van der Waals surface area contributed by atoms with E-state index in [1.165, 1.54) is 42.1 Å². The number of carbonyl (C=O) groups excluding carboxylic acids is 4. The molecule has 200 valence electrons. The number of ketones is 1. The van der Waals surface area contributed by atoms with Crippen LogP contribution in [-0.2, 0) is 33.8 Å². The van der Waals surface area contributed by atoms with Crippen LogP contribution in [0.4, 0.5) is 13.2 Å². The fourth-order valence-corrected chi connectivity index (χ4v) is 4.73. The third-order valence-electron chi connectivity index (χ3n) is 5.45. The Hall–Kier alpha value is -4.04. The number of alkyl halides is 3. The zero-order valence-corrected chi connectivity index (χ0v) is 20.5. The average Bonchev–Trinajstić information content (AvgIpc) is 3.55. The number of hydrogen-bond acceptors (Lipinski definition) is 9. The van der Waals surface area contributed by atoms with E-state index in [2.05, 4.69) is 20.4 Å². The maximum Gasteiger partial charge on any atom is 0.491 e. The Kier molecular flexibility index (Phi) is 8.22. The molecule has 1 aromatic carbocycles. The lowest BCUT2D eigenvalue weighted by Crippen LogP contribution is -2.30. The molecular formula is C24H21F3N4O6S. The summed E-state index contributed by atoms with van der Waals surface area (Å²) >= 11 is 1.40. The third-order valence-corrected chi connectivity index (χ3v) is 6.69. The number of fused-ring (bicyclic) bond motifs is 1. The number of aromatic nitrogens is 2. The first-order valence-corrected chi connectivity index (χ1v) is 12.1. The van der Waals surface area contributed by atoms with Crippen LogP contribution >= 0.6 is 11.3 Å². The summed E-state index contributed by atoms with van der Waals surface area (Å²) in [5.41, 5.74) is 1.70. The van der Waals surface area contributed by atoms with Crippen LogP contribution in [0.1, 0.15) is 36.0 Å². The van der Waals surface area contributed by atoms with E-state index in [-0.39, 0.29) is 30.3 Å². The Morgan fingerprint density at radius 3 is 2.71 bits per heavy atom. The number of nitrogens with one attached hydrogen (secondary N) is 2. The van der Waals surface area contributed by atoms with E-state index in [9.17, 15) is 32.3 Å². The Balaban J connectivity index is 1.42. The number of Topliss-reactive ketones (excluding diaryl/α,β-unsaturated/α-hetero) is 1. The predicted octanol–water partition coefficient (Wildman–Crippen LogP) is 2.26. The maximum absolute atomic E-state index is 12.8. The summed E-state index contributed by atoms with van der Waals surface area (Å²) < 4.78 is 47.5. The van der Waals surface area contributed by atoms with Gasteiger partial charge in [0.15, 0.2) is 12.4 Å². The Morgan fingerprint density at radius 1 is 1.18 bits per heavy atom. The molecule has 0 spiro atoms. The molecule has 0 bridgehead atoms. The number of halogens is 3. The first kappa shape index (κ1) is 27.0. The number of thiophene rings is 1. The fraction of sp³-hybridized carbons (Fsp3) is 0.292. The molecule has 14 heteroatoms. The van der Waals surface area contributed by atoms with Crippen LogP contribution in [-0.4, -0.2) is 59.1 Å². The van der Waals surface area contributed by atoms with Crippen LogP contribution < -0.4 is 15.4 Å². The molecule has 3 heterocycles. The van der Waals surface area contributed by atoms with Gasteiger partial charge in [0.1, 0.15) is 5.75 Å². The van der Waals surface area contributed by atoms with Crippen molar-refractivity contribution >= 4 is 35.0 Å². The van der Waals surface area contributed by atoms with Crippen molar-refractivity contribution in [1.29, 1.82) is 0 Å². The lowest BCUT2D eigenvalue weighted by molar-refractivity contribution is -0.202. The van der Waals surface area contributed by atoms with Crippen molar-refractivity contribution in [1.82, 2.24) is 20.2 Å². The molecule has 1 aliphatic rings. The van der Waals surface area contributed by atoms with E-state index < -0.39 is 30.5 Å². The van der Waals surface area contributed by atoms with Gasteiger partial charge < -0.3 is 24.7 Å². The van der Waals surface area contributed by atoms with E-state index in [0.29, 0.717) is 17.0 Å². The van der Waals surface area contributed by atoms with E-state index in [1.807, 2.05) is 6.07 Å². The zero-order chi connectivity index (χ0) is 27.3. The molecule has 10 nitrogen and oxygen atoms in total. The second-order valence-corrected chi connectivity index (χ2v) is 9.33. The average molecular weight is 551 g/mol. The SMILES string of the molecule is O=C(COc1ccc(C(=O)CNC(=O)c2cc3c(s2)CCNC3)cc1Cn1ccnc1)OC(=O)C(F)(F)F. The number of esters is 2. The highest BCUT2D eigenvalue weighted by Crippen LogP contribution is 2.26. The summed E-state index contributed by atoms with van der Waals surface area (Å²) in [5.74, 6) is -4.85. The largest absolute Gasteiger partial charge is 0.491 e. The van der Waals surface area contributed by atoms with Crippen molar-refractivity contribution < 1.29 is 41.8 Å². The van der Waals surface area contributed by atoms with Crippen molar-refractivity contribution in [3.8, 4) is 5.75 Å². The molecule has 1 amide bonds. The van der Waals surface area contributed by atoms with Crippen molar-refractivity contribution in [2.45, 2.75) is 25.7 Å². The van der Waals surface area contributed by atoms with Crippen LogP contribution in [0.2, 0.25) is 0 Å². The molecular weight excluding hydrogens is 529 g/mol. The van der Waals surface area contributed by atoms with E-state index >= 15 is 0 Å². The maximum atomic E-state index is 12.8. The Bertz CT molecular complexity index is 1330. The molecule has 0 saturated carbocycles. The van der Waals surface area contributed by atoms with Gasteiger partial charge in [-0.05, 0) is 36.2 Å². The first-order valence-electron chi connectivity index (χ1n) is 11.3. The number of imidazole rings is 1. The number of hydrogen-bond donors (Lipinski definition) is 2. The van der Waals surface area contributed by atoms with Gasteiger partial charge in [-0.15, -0.1) is 11.3 Å². The molecule has 2 N–H and O–H groups in total. The number of carbonyl (C=O) groups is 4. The molecule has 0 atom stereocenters. The lowest BCUT2D eigenvalue weighted by Gasteiger charge is -2.13. The molecule has 0 saturated heterocycles. The smallest absolute Gasteiger partial charge is 0.482 e. The van der Waals surface area contributed by atoms with Gasteiger partial charge in [0.2, 0.25) is 0 Å². The van der Waals surface area contributed by atoms with Gasteiger partial charge in [-0.25, -0.2) is 14.6 Å². The Morgan fingerprint density at radius 2 is 2.00 bits per heavy atom. The van der Waals surface area contributed by atoms with Crippen LogP contribution in [0.3, 0.4) is 0 Å². The zero-order valence-electron chi connectivity index (χ0n) is 19.7. The monoisotopic (exact) mass is 550 g/mol. The first-order chi connectivity index (χ1) is 18.1. The highest BCUT2D eigenvalue weighted by atomic mass is 32.1. The van der Waals surface area contributed by atoms with Gasteiger partial charge in [0, 0.05) is 41.5 Å². The molecule has 0 radical (unpaired) electrons. The second kappa shape index (κ2) is 11.6. The van der Waals surface area contributed by atoms with Gasteiger partial charge in [-0.3, -0.25) is 9.59 Å². The van der Waals surface area contributed by atoms with Crippen LogP contribution in [0.15, 0.2) is 43.0 Å². The number of amides is 1. The van der Waals surface area contributed by atoms with Gasteiger partial charge in [-0.2, -0.15) is 13.2 Å². The number of rotatable bonds is 9.